The van der Waals surface area contributed by atoms with Crippen LogP contribution >= 0.6 is 11.6 Å². The van der Waals surface area contributed by atoms with Crippen LogP contribution in [0.3, 0.4) is 0 Å². The van der Waals surface area contributed by atoms with Crippen molar-refractivity contribution in [1.82, 2.24) is 14.1 Å². The summed E-state index contributed by atoms with van der Waals surface area (Å²) < 4.78 is 28.1. The molecule has 0 saturated carbocycles. The van der Waals surface area contributed by atoms with E-state index in [1.54, 1.807) is 36.1 Å². The van der Waals surface area contributed by atoms with Gasteiger partial charge in [-0.1, -0.05) is 23.7 Å². The molecule has 2 aliphatic heterocycles. The number of benzene rings is 2. The van der Waals surface area contributed by atoms with Crippen LogP contribution in [0.25, 0.3) is 10.8 Å². The van der Waals surface area contributed by atoms with Gasteiger partial charge in [-0.05, 0) is 67.6 Å². The van der Waals surface area contributed by atoms with Crippen LogP contribution in [0.4, 0.5) is 0 Å². The molecule has 0 aliphatic carbocycles. The van der Waals surface area contributed by atoms with E-state index in [1.165, 1.54) is 17.0 Å². The third-order valence-electron chi connectivity index (χ3n) is 7.12. The van der Waals surface area contributed by atoms with Crippen molar-refractivity contribution in [3.8, 4) is 0 Å². The van der Waals surface area contributed by atoms with Crippen LogP contribution in [0.2, 0.25) is 5.02 Å². The lowest BCUT2D eigenvalue weighted by molar-refractivity contribution is -0.146. The smallest absolute Gasteiger partial charge is 0.303 e. The molecule has 2 aliphatic rings. The van der Waals surface area contributed by atoms with E-state index >= 15 is 0 Å². The molecule has 3 amide bonds. The maximum Gasteiger partial charge on any atom is 0.303 e. The van der Waals surface area contributed by atoms with Crippen LogP contribution in [-0.2, 0) is 29.2 Å². The van der Waals surface area contributed by atoms with E-state index in [2.05, 4.69) is 0 Å². The normalized spacial score (nSPS) is 19.0. The van der Waals surface area contributed by atoms with Gasteiger partial charge in [0.1, 0.15) is 12.1 Å². The second kappa shape index (κ2) is 11.3. The summed E-state index contributed by atoms with van der Waals surface area (Å²) in [7, 11) is -4.54. The number of halogens is 1. The van der Waals surface area contributed by atoms with Crippen molar-refractivity contribution in [2.75, 3.05) is 19.6 Å². The number of piperidine rings is 1. The Morgan fingerprint density at radius 1 is 1.03 bits per heavy atom. The van der Waals surface area contributed by atoms with E-state index < -0.39 is 52.7 Å². The Morgan fingerprint density at radius 3 is 2.37 bits per heavy atom. The second-order valence-electron chi connectivity index (χ2n) is 9.64. The molecule has 0 unspecified atom stereocenters. The molecule has 0 bridgehead atoms. The number of fused-ring (bicyclic) bond motifs is 1. The monoisotopic (exact) mass is 563 g/mol. The summed E-state index contributed by atoms with van der Waals surface area (Å²) in [5.41, 5.74) is 0. The zero-order valence-corrected chi connectivity index (χ0v) is 22.6. The highest BCUT2D eigenvalue weighted by atomic mass is 35.5. The van der Waals surface area contributed by atoms with Gasteiger partial charge in [0.05, 0.1) is 11.3 Å². The molecule has 2 fully saturated rings. The van der Waals surface area contributed by atoms with Gasteiger partial charge >= 0.3 is 5.97 Å². The van der Waals surface area contributed by atoms with Gasteiger partial charge < -0.3 is 14.9 Å². The first-order valence-corrected chi connectivity index (χ1v) is 14.4. The van der Waals surface area contributed by atoms with Crippen LogP contribution in [0.5, 0.6) is 0 Å². The third-order valence-corrected chi connectivity index (χ3v) is 9.18. The van der Waals surface area contributed by atoms with Gasteiger partial charge in [-0.2, -0.15) is 0 Å². The Labute approximate surface area is 226 Å². The number of carboxylic acids is 1. The minimum Gasteiger partial charge on any atom is -0.481 e. The van der Waals surface area contributed by atoms with Gasteiger partial charge in [-0.15, -0.1) is 0 Å². The summed E-state index contributed by atoms with van der Waals surface area (Å²) in [6.07, 6.45) is 1.63. The highest BCUT2D eigenvalue weighted by molar-refractivity contribution is 7.89. The average Bonchev–Trinajstić information content (AvgIpc) is 3.27. The van der Waals surface area contributed by atoms with Gasteiger partial charge in [-0.3, -0.25) is 19.2 Å². The van der Waals surface area contributed by atoms with E-state index in [0.29, 0.717) is 33.2 Å². The van der Waals surface area contributed by atoms with E-state index in [0.717, 1.165) is 19.3 Å². The Kier molecular flexibility index (Phi) is 8.27. The zero-order chi connectivity index (χ0) is 27.6. The first kappa shape index (κ1) is 27.8. The van der Waals surface area contributed by atoms with Gasteiger partial charge in [0, 0.05) is 31.1 Å². The summed E-state index contributed by atoms with van der Waals surface area (Å²) >= 11 is 6.03. The number of rotatable bonds is 8. The number of likely N-dealkylation sites (tertiary alicyclic amines) is 2. The van der Waals surface area contributed by atoms with Crippen molar-refractivity contribution >= 4 is 56.1 Å². The van der Waals surface area contributed by atoms with Crippen LogP contribution in [-0.4, -0.2) is 83.0 Å². The maximum absolute atomic E-state index is 13.8. The lowest BCUT2D eigenvalue weighted by Crippen LogP contribution is -2.53. The second-order valence-corrected chi connectivity index (χ2v) is 11.9. The Morgan fingerprint density at radius 2 is 1.68 bits per heavy atom. The minimum absolute atomic E-state index is 0.00230. The molecule has 4 rings (SSSR count). The van der Waals surface area contributed by atoms with E-state index in [4.69, 9.17) is 16.7 Å². The molecule has 0 aromatic heterocycles. The molecule has 2 atom stereocenters. The van der Waals surface area contributed by atoms with Gasteiger partial charge in [0.2, 0.25) is 17.7 Å². The molecular formula is C26H30ClN3O7S. The van der Waals surface area contributed by atoms with Crippen LogP contribution < -0.4 is 0 Å². The van der Waals surface area contributed by atoms with Gasteiger partial charge in [-0.25, -0.2) is 12.7 Å². The number of hydrogen-bond donors (Lipinski definition) is 1. The highest BCUT2D eigenvalue weighted by Gasteiger charge is 2.47. The van der Waals surface area contributed by atoms with Crippen molar-refractivity contribution in [1.29, 1.82) is 0 Å². The summed E-state index contributed by atoms with van der Waals surface area (Å²) in [6, 6.07) is 6.99. The number of sulfonamides is 1. The minimum atomic E-state index is -4.54. The number of hydrogen-bond acceptors (Lipinski definition) is 6. The molecule has 2 saturated heterocycles. The molecular weight excluding hydrogens is 534 g/mol. The molecule has 0 radical (unpaired) electrons. The molecule has 0 spiro atoms. The maximum atomic E-state index is 13.8. The molecule has 12 heteroatoms. The van der Waals surface area contributed by atoms with Gasteiger partial charge in [0.25, 0.3) is 10.0 Å². The lowest BCUT2D eigenvalue weighted by atomic mass is 10.1. The topological polar surface area (TPSA) is 132 Å². The summed E-state index contributed by atoms with van der Waals surface area (Å²) in [4.78, 5) is 53.7. The summed E-state index contributed by atoms with van der Waals surface area (Å²) in [5.74, 6) is -3.11. The van der Waals surface area contributed by atoms with E-state index in [-0.39, 0.29) is 23.8 Å². The lowest BCUT2D eigenvalue weighted by Gasteiger charge is -2.33. The number of carbonyl (C=O) groups excluding carboxylic acids is 3. The quantitative estimate of drug-likeness (QED) is 0.522. The zero-order valence-electron chi connectivity index (χ0n) is 21.0. The van der Waals surface area contributed by atoms with E-state index in [9.17, 15) is 27.6 Å². The number of nitrogens with zero attached hydrogens (tertiary/aromatic N) is 3. The van der Waals surface area contributed by atoms with Crippen LogP contribution in [0.15, 0.2) is 41.3 Å². The number of carbonyl (C=O) groups is 4. The first-order valence-electron chi connectivity index (χ1n) is 12.6. The van der Waals surface area contributed by atoms with Gasteiger partial charge in [0.15, 0.2) is 0 Å². The molecule has 204 valence electrons. The van der Waals surface area contributed by atoms with Crippen LogP contribution in [0, 0.1) is 0 Å². The molecule has 10 nitrogen and oxygen atoms in total. The summed E-state index contributed by atoms with van der Waals surface area (Å²) in [5, 5.41) is 10.8. The number of amides is 3. The van der Waals surface area contributed by atoms with Crippen LogP contribution in [0.1, 0.15) is 45.4 Å². The molecule has 1 N–H and O–H groups in total. The van der Waals surface area contributed by atoms with Crippen molar-refractivity contribution in [3.05, 3.63) is 41.4 Å². The fourth-order valence-corrected chi connectivity index (χ4v) is 6.88. The highest BCUT2D eigenvalue weighted by Crippen LogP contribution is 2.30. The predicted molar refractivity (Wildman–Crippen MR) is 140 cm³/mol. The Hall–Kier alpha value is -3.18. The van der Waals surface area contributed by atoms with E-state index in [1.807, 2.05) is 0 Å². The SMILES string of the molecule is C[C@@H](C(=O)N1CCCCC1)N1CC[C@H](N(C(=O)CCC(=O)O)S(=O)(=O)c2ccc3cc(Cl)ccc3c2)C1=O. The molecule has 2 aromatic carbocycles. The van der Waals surface area contributed by atoms with Crippen molar-refractivity contribution in [2.24, 2.45) is 0 Å². The fourth-order valence-electron chi connectivity index (χ4n) is 5.07. The largest absolute Gasteiger partial charge is 0.481 e. The van der Waals surface area contributed by atoms with Crippen molar-refractivity contribution in [2.45, 2.75) is 62.4 Å². The average molecular weight is 564 g/mol. The standard InChI is InChI=1S/C26H30ClN3O7S/c1-17(25(34)28-12-3-2-4-13-28)29-14-11-22(26(29)35)30(23(31)9-10-24(32)33)38(36,37)21-8-6-18-15-20(27)7-5-19(18)16-21/h5-8,15-17,22H,2-4,9-14H2,1H3,(H,32,33)/t17-,22-/m0/s1. The van der Waals surface area contributed by atoms with Crippen molar-refractivity contribution < 1.29 is 32.7 Å². The number of aliphatic carboxylic acids is 1. The Bertz CT molecular complexity index is 1370. The third kappa shape index (κ3) is 5.63. The van der Waals surface area contributed by atoms with Crippen molar-refractivity contribution in [3.63, 3.8) is 0 Å². The molecule has 38 heavy (non-hydrogen) atoms. The fraction of sp³-hybridized carbons (Fsp3) is 0.462. The first-order chi connectivity index (χ1) is 18.0. The molecule has 2 heterocycles. The number of carboxylic acid groups (broad SMARTS) is 1. The predicted octanol–water partition coefficient (Wildman–Crippen LogP) is 2.88. The molecule has 2 aromatic rings. The summed E-state index contributed by atoms with van der Waals surface area (Å²) in [6.45, 7) is 2.92. The Balaban J connectivity index is 1.65.